The monoisotopic (exact) mass is 507 g/mol. The predicted octanol–water partition coefficient (Wildman–Crippen LogP) is 2.30. The van der Waals surface area contributed by atoms with Crippen molar-refractivity contribution in [1.29, 1.82) is 0 Å². The first-order chi connectivity index (χ1) is 14.7. The van der Waals surface area contributed by atoms with E-state index in [2.05, 4.69) is 0 Å². The maximum Gasteiger partial charge on any atom is 0.340 e. The van der Waals surface area contributed by atoms with E-state index in [0.29, 0.717) is 34.7 Å². The fourth-order valence-electron chi connectivity index (χ4n) is 2.61. The van der Waals surface area contributed by atoms with Crippen molar-refractivity contribution < 1.29 is 36.8 Å². The Morgan fingerprint density at radius 3 is 2.42 bits per heavy atom. The average molecular weight is 508 g/mol. The van der Waals surface area contributed by atoms with Crippen molar-refractivity contribution >= 4 is 50.6 Å². The van der Waals surface area contributed by atoms with Crippen LogP contribution in [0.15, 0.2) is 53.0 Å². The molecular weight excluding hydrogens is 487 g/mol. The van der Waals surface area contributed by atoms with Crippen LogP contribution in [0.1, 0.15) is 0 Å². The number of nitrogens with one attached hydrogen (secondary N) is 1. The van der Waals surface area contributed by atoms with Gasteiger partial charge in [-0.3, -0.25) is 4.57 Å². The normalized spacial score (nSPS) is 12.2. The lowest BCUT2D eigenvalue weighted by molar-refractivity contribution is -0.697. The van der Waals surface area contributed by atoms with Crippen LogP contribution in [0.25, 0.3) is 10.1 Å². The smallest absolute Gasteiger partial charge is 0.340 e. The number of hydrogen-bond donors (Lipinski definition) is 3. The quantitative estimate of drug-likeness (QED) is 0.206. The standard InChI is InChI=1S/C18H20ClN2O7PS2/c19-4-8-27-15-10-14-11-18(31(25,26)20-13-29(22,23)24)30-17(14)12-16(15)28-9-7-21-5-2-1-3-6-21/h1-3,5-6,10-12,20H,4,7-9,13H2,(H-,22,23,24)/p+1. The number of halogens is 1. The highest BCUT2D eigenvalue weighted by molar-refractivity contribution is 7.92. The molecule has 0 saturated heterocycles. The number of sulfonamides is 1. The summed E-state index contributed by atoms with van der Waals surface area (Å²) >= 11 is 6.68. The maximum absolute atomic E-state index is 12.4. The van der Waals surface area contributed by atoms with Crippen LogP contribution in [0.5, 0.6) is 11.5 Å². The minimum atomic E-state index is -4.52. The number of fused-ring (bicyclic) bond motifs is 1. The lowest BCUT2D eigenvalue weighted by atomic mass is 10.2. The van der Waals surface area contributed by atoms with Crippen molar-refractivity contribution in [3.05, 3.63) is 48.8 Å². The summed E-state index contributed by atoms with van der Waals surface area (Å²) in [7, 11) is -8.60. The van der Waals surface area contributed by atoms with E-state index in [1.807, 2.05) is 39.9 Å². The summed E-state index contributed by atoms with van der Waals surface area (Å²) < 4.78 is 51.8. The van der Waals surface area contributed by atoms with Crippen molar-refractivity contribution in [3.8, 4) is 11.5 Å². The predicted molar refractivity (Wildman–Crippen MR) is 117 cm³/mol. The van der Waals surface area contributed by atoms with Gasteiger partial charge in [-0.25, -0.2) is 13.0 Å². The van der Waals surface area contributed by atoms with Crippen LogP contribution in [-0.2, 0) is 21.1 Å². The first-order valence-electron chi connectivity index (χ1n) is 9.05. The maximum atomic E-state index is 12.4. The van der Waals surface area contributed by atoms with Crippen molar-refractivity contribution in [1.82, 2.24) is 4.72 Å². The molecule has 2 heterocycles. The summed E-state index contributed by atoms with van der Waals surface area (Å²) in [5.41, 5.74) is 0. The van der Waals surface area contributed by atoms with Crippen LogP contribution < -0.4 is 18.8 Å². The first-order valence-corrected chi connectivity index (χ1v) is 13.7. The number of thiophene rings is 1. The van der Waals surface area contributed by atoms with Crippen LogP contribution in [0, 0.1) is 0 Å². The Kier molecular flexibility index (Phi) is 7.92. The number of aromatic nitrogens is 1. The van der Waals surface area contributed by atoms with E-state index >= 15 is 0 Å². The molecule has 3 rings (SSSR count). The molecule has 0 aliphatic rings. The number of rotatable bonds is 11. The van der Waals surface area contributed by atoms with E-state index in [9.17, 15) is 13.0 Å². The van der Waals surface area contributed by atoms with Crippen LogP contribution in [0.3, 0.4) is 0 Å². The first kappa shape index (κ1) is 23.9. The number of nitrogens with zero attached hydrogens (tertiary/aromatic N) is 1. The van der Waals surface area contributed by atoms with Gasteiger partial charge in [-0.05, 0) is 17.5 Å². The highest BCUT2D eigenvalue weighted by Gasteiger charge is 2.23. The minimum Gasteiger partial charge on any atom is -0.488 e. The van der Waals surface area contributed by atoms with Gasteiger partial charge in [-0.1, -0.05) is 6.07 Å². The summed E-state index contributed by atoms with van der Waals surface area (Å²) in [5, 5.41) is 0.593. The van der Waals surface area contributed by atoms with E-state index in [4.69, 9.17) is 30.9 Å². The van der Waals surface area contributed by atoms with Gasteiger partial charge in [-0.2, -0.15) is 4.72 Å². The summed E-state index contributed by atoms with van der Waals surface area (Å²) in [6, 6.07) is 10.5. The molecule has 9 nitrogen and oxygen atoms in total. The Morgan fingerprint density at radius 2 is 1.74 bits per heavy atom. The molecule has 0 aliphatic carbocycles. The minimum absolute atomic E-state index is 0.0729. The zero-order chi connectivity index (χ0) is 22.5. The van der Waals surface area contributed by atoms with Crippen molar-refractivity contribution in [3.63, 3.8) is 0 Å². The van der Waals surface area contributed by atoms with Crippen molar-refractivity contribution in [2.24, 2.45) is 0 Å². The Hall–Kier alpha value is -1.72. The van der Waals surface area contributed by atoms with Gasteiger partial charge >= 0.3 is 7.60 Å². The third-order valence-corrected chi connectivity index (χ3v) is 7.92. The lowest BCUT2D eigenvalue weighted by Gasteiger charge is -2.11. The highest BCUT2D eigenvalue weighted by atomic mass is 35.5. The molecule has 0 spiro atoms. The van der Waals surface area contributed by atoms with Gasteiger partial charge in [0.25, 0.3) is 10.0 Å². The molecule has 0 atom stereocenters. The van der Waals surface area contributed by atoms with Gasteiger partial charge in [0.2, 0.25) is 0 Å². The zero-order valence-electron chi connectivity index (χ0n) is 16.2. The van der Waals surface area contributed by atoms with Crippen LogP contribution in [0.2, 0.25) is 0 Å². The number of pyridine rings is 1. The van der Waals surface area contributed by atoms with Gasteiger partial charge in [0.1, 0.15) is 23.7 Å². The van der Waals surface area contributed by atoms with E-state index < -0.39 is 23.9 Å². The lowest BCUT2D eigenvalue weighted by Crippen LogP contribution is -2.35. The second-order valence-corrected chi connectivity index (χ2v) is 11.5. The molecule has 0 bridgehead atoms. The zero-order valence-corrected chi connectivity index (χ0v) is 19.5. The number of alkyl halides is 1. The molecular formula is C18H21ClN2O7PS2+. The van der Waals surface area contributed by atoms with Gasteiger partial charge < -0.3 is 19.3 Å². The molecule has 0 fully saturated rings. The summed E-state index contributed by atoms with van der Waals surface area (Å²) in [6.45, 7) is 1.21. The van der Waals surface area contributed by atoms with E-state index in [-0.39, 0.29) is 16.7 Å². The molecule has 0 saturated carbocycles. The molecule has 3 N–H and O–H groups in total. The molecule has 31 heavy (non-hydrogen) atoms. The molecule has 0 radical (unpaired) electrons. The van der Waals surface area contributed by atoms with Crippen LogP contribution >= 0.6 is 30.5 Å². The van der Waals surface area contributed by atoms with E-state index in [1.54, 1.807) is 12.1 Å². The summed E-state index contributed by atoms with van der Waals surface area (Å²) in [5.74, 6) is 1.15. The second kappa shape index (κ2) is 10.3. The molecule has 168 valence electrons. The highest BCUT2D eigenvalue weighted by Crippen LogP contribution is 2.39. The Morgan fingerprint density at radius 1 is 1.06 bits per heavy atom. The Bertz CT molecular complexity index is 1180. The van der Waals surface area contributed by atoms with Gasteiger partial charge in [0.05, 0.1) is 5.88 Å². The molecule has 0 aliphatic heterocycles. The fraction of sp³-hybridized carbons (Fsp3) is 0.278. The molecule has 1 aromatic carbocycles. The fourth-order valence-corrected chi connectivity index (χ4v) is 6.16. The third kappa shape index (κ3) is 6.88. The largest absolute Gasteiger partial charge is 0.488 e. The average Bonchev–Trinajstić information content (AvgIpc) is 3.15. The van der Waals surface area contributed by atoms with Gasteiger partial charge in [-0.15, -0.1) is 22.9 Å². The topological polar surface area (TPSA) is 126 Å². The SMILES string of the molecule is O=P(O)(O)CNS(=O)(=O)c1cc2cc(OCCCl)c(OCC[n+]3ccccc3)cc2s1. The molecule has 0 amide bonds. The molecule has 0 unspecified atom stereocenters. The third-order valence-electron chi connectivity index (χ3n) is 4.00. The number of hydrogen-bond acceptors (Lipinski definition) is 6. The van der Waals surface area contributed by atoms with E-state index in [1.165, 1.54) is 6.07 Å². The van der Waals surface area contributed by atoms with Crippen molar-refractivity contribution in [2.45, 2.75) is 10.8 Å². The van der Waals surface area contributed by atoms with Crippen LogP contribution in [-0.4, -0.2) is 43.6 Å². The molecule has 2 aromatic heterocycles. The van der Waals surface area contributed by atoms with Gasteiger partial charge in [0, 0.05) is 22.9 Å². The Balaban J connectivity index is 1.84. The van der Waals surface area contributed by atoms with E-state index in [0.717, 1.165) is 11.3 Å². The number of ether oxygens (including phenoxy) is 2. The Labute approximate surface area is 188 Å². The summed E-state index contributed by atoms with van der Waals surface area (Å²) in [4.78, 5) is 17.9. The van der Waals surface area contributed by atoms with Crippen LogP contribution in [0.4, 0.5) is 0 Å². The van der Waals surface area contributed by atoms with Gasteiger partial charge in [0.15, 0.2) is 30.4 Å². The molecule has 3 aromatic rings. The van der Waals surface area contributed by atoms with Crippen molar-refractivity contribution in [2.75, 3.05) is 25.4 Å². The molecule has 13 heteroatoms. The summed E-state index contributed by atoms with van der Waals surface area (Å²) in [6.07, 6.45) is 2.86. The second-order valence-electron chi connectivity index (χ2n) is 6.37. The number of benzene rings is 1.